The SMILES string of the molecule is CC(=O)N1CCCCCCCN(Cc2cccnc2)Cc2cc(C(=O)NCC3CC3)ccc21. The number of nitrogens with zero attached hydrogens (tertiary/aromatic N) is 3. The van der Waals surface area contributed by atoms with Crippen molar-refractivity contribution in [3.05, 3.63) is 59.4 Å². The van der Waals surface area contributed by atoms with E-state index in [-0.39, 0.29) is 11.8 Å². The molecule has 1 fully saturated rings. The molecule has 0 spiro atoms. The zero-order valence-corrected chi connectivity index (χ0v) is 19.8. The van der Waals surface area contributed by atoms with E-state index in [1.54, 1.807) is 13.1 Å². The highest BCUT2D eigenvalue weighted by Crippen LogP contribution is 2.29. The van der Waals surface area contributed by atoms with Crippen LogP contribution in [0.2, 0.25) is 0 Å². The van der Waals surface area contributed by atoms with E-state index in [9.17, 15) is 9.59 Å². The second kappa shape index (κ2) is 11.4. The second-order valence-corrected chi connectivity index (χ2v) is 9.51. The Balaban J connectivity index is 1.63. The summed E-state index contributed by atoms with van der Waals surface area (Å²) in [4.78, 5) is 34.0. The Labute approximate surface area is 197 Å². The third-order valence-electron chi connectivity index (χ3n) is 6.64. The summed E-state index contributed by atoms with van der Waals surface area (Å²) in [5.74, 6) is 0.670. The molecular formula is C27H36N4O2. The third-order valence-corrected chi connectivity index (χ3v) is 6.64. The Morgan fingerprint density at radius 1 is 1.06 bits per heavy atom. The summed E-state index contributed by atoms with van der Waals surface area (Å²) >= 11 is 0. The first-order valence-electron chi connectivity index (χ1n) is 12.4. The van der Waals surface area contributed by atoms with Crippen LogP contribution in [0, 0.1) is 5.92 Å². The Hall–Kier alpha value is -2.73. The zero-order valence-electron chi connectivity index (χ0n) is 19.8. The topological polar surface area (TPSA) is 65.5 Å². The summed E-state index contributed by atoms with van der Waals surface area (Å²) in [7, 11) is 0. The maximum Gasteiger partial charge on any atom is 0.251 e. The number of rotatable bonds is 5. The lowest BCUT2D eigenvalue weighted by Gasteiger charge is -2.29. The molecule has 6 nitrogen and oxygen atoms in total. The van der Waals surface area contributed by atoms with Crippen LogP contribution in [-0.2, 0) is 17.9 Å². The van der Waals surface area contributed by atoms with Gasteiger partial charge < -0.3 is 10.2 Å². The number of amides is 2. The molecule has 0 atom stereocenters. The van der Waals surface area contributed by atoms with Crippen molar-refractivity contribution in [2.75, 3.05) is 24.5 Å². The van der Waals surface area contributed by atoms with Crippen molar-refractivity contribution in [1.82, 2.24) is 15.2 Å². The molecule has 1 aliphatic carbocycles. The third kappa shape index (κ3) is 6.87. The first-order chi connectivity index (χ1) is 16.1. The van der Waals surface area contributed by atoms with Gasteiger partial charge >= 0.3 is 0 Å². The Bertz CT molecular complexity index is 942. The van der Waals surface area contributed by atoms with Gasteiger partial charge in [0, 0.05) is 56.7 Å². The molecule has 2 heterocycles. The first kappa shape index (κ1) is 23.4. The van der Waals surface area contributed by atoms with Gasteiger partial charge in [0.25, 0.3) is 5.91 Å². The van der Waals surface area contributed by atoms with Crippen molar-refractivity contribution in [2.45, 2.75) is 65.0 Å². The lowest BCUT2D eigenvalue weighted by Crippen LogP contribution is -2.33. The Morgan fingerprint density at radius 2 is 1.85 bits per heavy atom. The molecule has 2 aliphatic rings. The van der Waals surface area contributed by atoms with E-state index in [1.807, 2.05) is 35.4 Å². The van der Waals surface area contributed by atoms with Crippen LogP contribution in [-0.4, -0.2) is 41.3 Å². The molecule has 1 aromatic carbocycles. The number of pyridine rings is 1. The maximum absolute atomic E-state index is 12.8. The second-order valence-electron chi connectivity index (χ2n) is 9.51. The highest BCUT2D eigenvalue weighted by Gasteiger charge is 2.23. The molecule has 1 aliphatic heterocycles. The minimum absolute atomic E-state index is 0.0241. The normalized spacial score (nSPS) is 18.0. The minimum Gasteiger partial charge on any atom is -0.352 e. The van der Waals surface area contributed by atoms with Crippen molar-refractivity contribution in [1.29, 1.82) is 0 Å². The molecule has 1 N–H and O–H groups in total. The molecule has 1 aromatic heterocycles. The summed E-state index contributed by atoms with van der Waals surface area (Å²) in [5.41, 5.74) is 3.81. The van der Waals surface area contributed by atoms with E-state index in [0.717, 1.165) is 56.7 Å². The summed E-state index contributed by atoms with van der Waals surface area (Å²) < 4.78 is 0. The number of hydrogen-bond acceptors (Lipinski definition) is 4. The molecule has 4 rings (SSSR count). The van der Waals surface area contributed by atoms with E-state index >= 15 is 0 Å². The number of nitrogens with one attached hydrogen (secondary N) is 1. The molecule has 0 unspecified atom stereocenters. The molecule has 33 heavy (non-hydrogen) atoms. The first-order valence-corrected chi connectivity index (χ1v) is 12.4. The van der Waals surface area contributed by atoms with Gasteiger partial charge in [0.05, 0.1) is 0 Å². The molecule has 2 aromatic rings. The van der Waals surface area contributed by atoms with Crippen LogP contribution in [0.15, 0.2) is 42.7 Å². The lowest BCUT2D eigenvalue weighted by atomic mass is 10.0. The van der Waals surface area contributed by atoms with Gasteiger partial charge in [0.1, 0.15) is 0 Å². The van der Waals surface area contributed by atoms with Crippen molar-refractivity contribution in [2.24, 2.45) is 5.92 Å². The fourth-order valence-corrected chi connectivity index (χ4v) is 4.57. The van der Waals surface area contributed by atoms with Crippen molar-refractivity contribution >= 4 is 17.5 Å². The fourth-order valence-electron chi connectivity index (χ4n) is 4.57. The van der Waals surface area contributed by atoms with Gasteiger partial charge in [0.15, 0.2) is 0 Å². The number of hydrogen-bond donors (Lipinski definition) is 1. The van der Waals surface area contributed by atoms with Crippen molar-refractivity contribution in [3.63, 3.8) is 0 Å². The molecule has 1 saturated carbocycles. The standard InChI is InChI=1S/C27H36N4O2/c1-21(32)31-15-6-4-2-3-5-14-30(19-23-8-7-13-28-17-23)20-25-16-24(11-12-26(25)31)27(33)29-18-22-9-10-22/h7-8,11-13,16-17,22H,2-6,9-10,14-15,18-20H2,1H3,(H,29,33). The summed E-state index contributed by atoms with van der Waals surface area (Å²) in [6, 6.07) is 9.91. The molecular weight excluding hydrogens is 412 g/mol. The van der Waals surface area contributed by atoms with Crippen LogP contribution in [0.1, 0.15) is 73.4 Å². The molecule has 0 bridgehead atoms. The zero-order chi connectivity index (χ0) is 23.0. The van der Waals surface area contributed by atoms with Gasteiger partial charge in [0.2, 0.25) is 5.91 Å². The number of anilines is 1. The predicted molar refractivity (Wildman–Crippen MR) is 131 cm³/mol. The molecule has 0 radical (unpaired) electrons. The molecule has 176 valence electrons. The lowest BCUT2D eigenvalue weighted by molar-refractivity contribution is -0.116. The summed E-state index contributed by atoms with van der Waals surface area (Å²) in [6.45, 7) is 5.58. The summed E-state index contributed by atoms with van der Waals surface area (Å²) in [5, 5.41) is 3.08. The van der Waals surface area contributed by atoms with E-state index in [2.05, 4.69) is 21.3 Å². The van der Waals surface area contributed by atoms with Crippen LogP contribution in [0.25, 0.3) is 0 Å². The Morgan fingerprint density at radius 3 is 2.58 bits per heavy atom. The fraction of sp³-hybridized carbons (Fsp3) is 0.519. The number of fused-ring (bicyclic) bond motifs is 1. The average molecular weight is 449 g/mol. The molecule has 0 saturated heterocycles. The molecule has 6 heteroatoms. The molecule has 2 amide bonds. The highest BCUT2D eigenvalue weighted by atomic mass is 16.2. The largest absolute Gasteiger partial charge is 0.352 e. The van der Waals surface area contributed by atoms with Gasteiger partial charge in [-0.15, -0.1) is 0 Å². The van der Waals surface area contributed by atoms with Gasteiger partial charge in [-0.2, -0.15) is 0 Å². The van der Waals surface area contributed by atoms with Gasteiger partial charge in [-0.25, -0.2) is 0 Å². The Kier molecular flexibility index (Phi) is 8.10. The van der Waals surface area contributed by atoms with Crippen LogP contribution in [0.3, 0.4) is 0 Å². The van der Waals surface area contributed by atoms with Gasteiger partial charge in [-0.1, -0.05) is 25.3 Å². The van der Waals surface area contributed by atoms with Gasteiger partial charge in [-0.05, 0) is 73.5 Å². The number of aromatic nitrogens is 1. The van der Waals surface area contributed by atoms with E-state index in [4.69, 9.17) is 0 Å². The van der Waals surface area contributed by atoms with Crippen LogP contribution < -0.4 is 10.2 Å². The monoisotopic (exact) mass is 448 g/mol. The quantitative estimate of drug-likeness (QED) is 0.729. The van der Waals surface area contributed by atoms with E-state index in [0.29, 0.717) is 18.0 Å². The van der Waals surface area contributed by atoms with Crippen LogP contribution in [0.4, 0.5) is 5.69 Å². The van der Waals surface area contributed by atoms with Crippen LogP contribution in [0.5, 0.6) is 0 Å². The van der Waals surface area contributed by atoms with Crippen molar-refractivity contribution in [3.8, 4) is 0 Å². The van der Waals surface area contributed by atoms with E-state index in [1.165, 1.54) is 31.2 Å². The van der Waals surface area contributed by atoms with E-state index < -0.39 is 0 Å². The highest BCUT2D eigenvalue weighted by molar-refractivity contribution is 5.97. The average Bonchev–Trinajstić information content (AvgIpc) is 3.63. The number of carbonyl (C=O) groups is 2. The maximum atomic E-state index is 12.8. The van der Waals surface area contributed by atoms with Crippen LogP contribution >= 0.6 is 0 Å². The minimum atomic E-state index is -0.0241. The summed E-state index contributed by atoms with van der Waals surface area (Å²) in [6.07, 6.45) is 11.8. The van der Waals surface area contributed by atoms with Gasteiger partial charge in [-0.3, -0.25) is 19.5 Å². The number of carbonyl (C=O) groups excluding carboxylic acids is 2. The van der Waals surface area contributed by atoms with Crippen molar-refractivity contribution < 1.29 is 9.59 Å². The number of benzene rings is 1. The smallest absolute Gasteiger partial charge is 0.251 e. The predicted octanol–water partition coefficient (Wildman–Crippen LogP) is 4.54.